The number of carbonyl (C=O) groups excluding carboxylic acids is 2. The summed E-state index contributed by atoms with van der Waals surface area (Å²) < 4.78 is 31.9. The number of hydrogen-bond donors (Lipinski definition) is 1. The molecule has 0 radical (unpaired) electrons. The summed E-state index contributed by atoms with van der Waals surface area (Å²) in [5.74, 6) is -0.378. The van der Waals surface area contributed by atoms with Crippen molar-refractivity contribution in [3.8, 4) is 22.9 Å². The van der Waals surface area contributed by atoms with E-state index >= 15 is 0 Å². The van der Waals surface area contributed by atoms with Crippen molar-refractivity contribution in [3.05, 3.63) is 42.0 Å². The van der Waals surface area contributed by atoms with Crippen molar-refractivity contribution in [2.45, 2.75) is 13.3 Å². The van der Waals surface area contributed by atoms with Gasteiger partial charge in [-0.05, 0) is 35.5 Å². The molecule has 2 aromatic carbocycles. The number of aromatic nitrogens is 4. The molecule has 12 heteroatoms. The largest absolute Gasteiger partial charge is 0.493 e. The first-order chi connectivity index (χ1) is 16.4. The van der Waals surface area contributed by atoms with E-state index in [0.717, 1.165) is 0 Å². The van der Waals surface area contributed by atoms with Gasteiger partial charge >= 0.3 is 0 Å². The predicted octanol–water partition coefficient (Wildman–Crippen LogP) is 2.13. The van der Waals surface area contributed by atoms with Gasteiger partial charge in [-0.3, -0.25) is 9.59 Å². The number of rotatable bonds is 7. The molecular formula is C22H23FN6O5. The summed E-state index contributed by atoms with van der Waals surface area (Å²) in [6.07, 6.45) is -0.0318. The van der Waals surface area contributed by atoms with Crippen LogP contribution in [0.5, 0.6) is 17.2 Å². The Morgan fingerprint density at radius 3 is 2.38 bits per heavy atom. The number of methoxy groups -OCH3 is 3. The third-order valence-electron chi connectivity index (χ3n) is 5.53. The Balaban J connectivity index is 1.54. The van der Waals surface area contributed by atoms with Gasteiger partial charge < -0.3 is 24.4 Å². The van der Waals surface area contributed by atoms with E-state index < -0.39 is 17.6 Å². The van der Waals surface area contributed by atoms with Crippen molar-refractivity contribution in [1.29, 1.82) is 0 Å². The molecule has 0 saturated carbocycles. The van der Waals surface area contributed by atoms with Gasteiger partial charge in [0.1, 0.15) is 5.82 Å². The molecule has 1 aliphatic rings. The SMILES string of the molecule is COc1cc(N2CC(C(=O)Nc3cc(-n4nnnc4C)ccc3F)CC2=O)cc(OC)c1OC. The molecule has 2 amide bonds. The van der Waals surface area contributed by atoms with Crippen LogP contribution in [0.2, 0.25) is 0 Å². The molecule has 1 atom stereocenters. The Kier molecular flexibility index (Phi) is 6.30. The normalized spacial score (nSPS) is 15.4. The molecule has 178 valence electrons. The molecule has 2 heterocycles. The molecule has 11 nitrogen and oxygen atoms in total. The van der Waals surface area contributed by atoms with Crippen molar-refractivity contribution in [3.63, 3.8) is 0 Å². The molecule has 34 heavy (non-hydrogen) atoms. The highest BCUT2D eigenvalue weighted by Gasteiger charge is 2.36. The number of amides is 2. The van der Waals surface area contributed by atoms with Gasteiger partial charge in [-0.1, -0.05) is 0 Å². The van der Waals surface area contributed by atoms with E-state index in [-0.39, 0.29) is 24.6 Å². The average Bonchev–Trinajstić information content (AvgIpc) is 3.44. The van der Waals surface area contributed by atoms with Crippen LogP contribution in [0.15, 0.2) is 30.3 Å². The molecule has 1 unspecified atom stereocenters. The van der Waals surface area contributed by atoms with Gasteiger partial charge in [-0.15, -0.1) is 5.10 Å². The van der Waals surface area contributed by atoms with Crippen molar-refractivity contribution >= 4 is 23.2 Å². The smallest absolute Gasteiger partial charge is 0.229 e. The zero-order valence-electron chi connectivity index (χ0n) is 19.0. The predicted molar refractivity (Wildman–Crippen MR) is 119 cm³/mol. The van der Waals surface area contributed by atoms with Gasteiger partial charge in [-0.25, -0.2) is 4.39 Å². The number of nitrogens with zero attached hydrogens (tertiary/aromatic N) is 5. The second-order valence-electron chi connectivity index (χ2n) is 7.58. The minimum atomic E-state index is -0.690. The molecule has 3 aromatic rings. The van der Waals surface area contributed by atoms with Crippen LogP contribution in [0.4, 0.5) is 15.8 Å². The number of benzene rings is 2. The number of tetrazole rings is 1. The van der Waals surface area contributed by atoms with Crippen LogP contribution >= 0.6 is 0 Å². The zero-order chi connectivity index (χ0) is 24.4. The van der Waals surface area contributed by atoms with E-state index in [9.17, 15) is 14.0 Å². The van der Waals surface area contributed by atoms with Gasteiger partial charge in [0.05, 0.1) is 44.3 Å². The maximum Gasteiger partial charge on any atom is 0.229 e. The van der Waals surface area contributed by atoms with Crippen LogP contribution in [-0.4, -0.2) is 59.9 Å². The zero-order valence-corrected chi connectivity index (χ0v) is 19.0. The van der Waals surface area contributed by atoms with E-state index in [4.69, 9.17) is 14.2 Å². The lowest BCUT2D eigenvalue weighted by molar-refractivity contribution is -0.122. The van der Waals surface area contributed by atoms with Gasteiger partial charge in [0, 0.05) is 25.1 Å². The Bertz CT molecular complexity index is 1220. The highest BCUT2D eigenvalue weighted by atomic mass is 19.1. The second kappa shape index (κ2) is 9.33. The number of aryl methyl sites for hydroxylation is 1. The summed E-state index contributed by atoms with van der Waals surface area (Å²) in [5.41, 5.74) is 0.953. The summed E-state index contributed by atoms with van der Waals surface area (Å²) >= 11 is 0. The van der Waals surface area contributed by atoms with Crippen LogP contribution in [0, 0.1) is 18.7 Å². The quantitative estimate of drug-likeness (QED) is 0.558. The van der Waals surface area contributed by atoms with Crippen LogP contribution in [-0.2, 0) is 9.59 Å². The molecule has 0 aliphatic carbocycles. The van der Waals surface area contributed by atoms with E-state index in [2.05, 4.69) is 20.8 Å². The molecule has 0 bridgehead atoms. The van der Waals surface area contributed by atoms with E-state index in [0.29, 0.717) is 34.4 Å². The van der Waals surface area contributed by atoms with Crippen molar-refractivity contribution in [2.24, 2.45) is 5.92 Å². The summed E-state index contributed by atoms with van der Waals surface area (Å²) in [4.78, 5) is 27.1. The lowest BCUT2D eigenvalue weighted by Crippen LogP contribution is -2.28. The standard InChI is InChI=1S/C22H23FN6O5/c1-12-25-26-27-29(12)14-5-6-16(23)17(8-14)24-22(31)13-7-20(30)28(11-13)15-9-18(32-2)21(34-4)19(10-15)33-3/h5-6,8-10,13H,7,11H2,1-4H3,(H,24,31). The van der Waals surface area contributed by atoms with Gasteiger partial charge in [0.15, 0.2) is 17.3 Å². The first-order valence-electron chi connectivity index (χ1n) is 10.3. The Hall–Kier alpha value is -4.22. The second-order valence-corrected chi connectivity index (χ2v) is 7.58. The topological polar surface area (TPSA) is 121 Å². The van der Waals surface area contributed by atoms with Crippen LogP contribution in [0.1, 0.15) is 12.2 Å². The first kappa shape index (κ1) is 23.0. The Morgan fingerprint density at radius 2 is 1.79 bits per heavy atom. The van der Waals surface area contributed by atoms with Gasteiger partial charge in [-0.2, -0.15) is 4.68 Å². The Morgan fingerprint density at radius 1 is 1.09 bits per heavy atom. The number of hydrogen-bond acceptors (Lipinski definition) is 8. The summed E-state index contributed by atoms with van der Waals surface area (Å²) in [6.45, 7) is 1.81. The lowest BCUT2D eigenvalue weighted by atomic mass is 10.1. The van der Waals surface area contributed by atoms with Crippen molar-refractivity contribution in [1.82, 2.24) is 20.2 Å². The lowest BCUT2D eigenvalue weighted by Gasteiger charge is -2.20. The van der Waals surface area contributed by atoms with E-state index in [1.54, 1.807) is 19.1 Å². The Labute approximate surface area is 194 Å². The number of ether oxygens (including phenoxy) is 3. The molecule has 1 aromatic heterocycles. The van der Waals surface area contributed by atoms with E-state index in [1.165, 1.54) is 49.1 Å². The van der Waals surface area contributed by atoms with Crippen LogP contribution < -0.4 is 24.4 Å². The third kappa shape index (κ3) is 4.21. The maximum atomic E-state index is 14.4. The fourth-order valence-corrected chi connectivity index (χ4v) is 3.80. The minimum absolute atomic E-state index is 0.0314. The number of nitrogens with one attached hydrogen (secondary N) is 1. The summed E-state index contributed by atoms with van der Waals surface area (Å²) in [6, 6.07) is 7.42. The monoisotopic (exact) mass is 470 g/mol. The molecule has 1 saturated heterocycles. The molecule has 1 fully saturated rings. The fourth-order valence-electron chi connectivity index (χ4n) is 3.80. The number of halogens is 1. The van der Waals surface area contributed by atoms with Gasteiger partial charge in [0.2, 0.25) is 17.6 Å². The molecule has 4 rings (SSSR count). The third-order valence-corrected chi connectivity index (χ3v) is 5.53. The molecule has 1 N–H and O–H groups in total. The minimum Gasteiger partial charge on any atom is -0.493 e. The van der Waals surface area contributed by atoms with Gasteiger partial charge in [0.25, 0.3) is 0 Å². The molecule has 1 aliphatic heterocycles. The molecule has 0 spiro atoms. The van der Waals surface area contributed by atoms with Crippen LogP contribution in [0.25, 0.3) is 5.69 Å². The fraction of sp³-hybridized carbons (Fsp3) is 0.318. The highest BCUT2D eigenvalue weighted by Crippen LogP contribution is 2.42. The highest BCUT2D eigenvalue weighted by molar-refractivity contribution is 6.04. The average molecular weight is 470 g/mol. The number of carbonyl (C=O) groups is 2. The van der Waals surface area contributed by atoms with Crippen LogP contribution in [0.3, 0.4) is 0 Å². The number of anilines is 2. The van der Waals surface area contributed by atoms with E-state index in [1.807, 2.05) is 0 Å². The summed E-state index contributed by atoms with van der Waals surface area (Å²) in [7, 11) is 4.43. The van der Waals surface area contributed by atoms with Crippen molar-refractivity contribution in [2.75, 3.05) is 38.1 Å². The first-order valence-corrected chi connectivity index (χ1v) is 10.3. The summed E-state index contributed by atoms with van der Waals surface area (Å²) in [5, 5.41) is 13.8. The maximum absolute atomic E-state index is 14.4. The van der Waals surface area contributed by atoms with Crippen molar-refractivity contribution < 1.29 is 28.2 Å². The molecular weight excluding hydrogens is 447 g/mol.